The van der Waals surface area contributed by atoms with Gasteiger partial charge in [0.15, 0.2) is 0 Å². The Morgan fingerprint density at radius 1 is 0.562 bits per heavy atom. The molecule has 4 aromatic rings. The molecule has 0 spiro atoms. The minimum atomic E-state index is -0.145. The summed E-state index contributed by atoms with van der Waals surface area (Å²) >= 11 is 0. The molecule has 2 aromatic carbocycles. The average molecular weight is 422 g/mol. The summed E-state index contributed by atoms with van der Waals surface area (Å²) in [6.45, 7) is 0. The first-order valence-electron chi connectivity index (χ1n) is 10.1. The van der Waals surface area contributed by atoms with Gasteiger partial charge in [0.2, 0.25) is 0 Å². The van der Waals surface area contributed by atoms with Crippen molar-refractivity contribution in [3.63, 3.8) is 0 Å². The minimum absolute atomic E-state index is 0.145. The van der Waals surface area contributed by atoms with Crippen LogP contribution in [-0.4, -0.2) is 35.9 Å². The maximum Gasteiger partial charge on any atom is 0.259 e. The van der Waals surface area contributed by atoms with E-state index in [2.05, 4.69) is 9.97 Å². The Hall–Kier alpha value is -4.32. The second kappa shape index (κ2) is 9.22. The number of amides is 2. The van der Waals surface area contributed by atoms with E-state index in [4.69, 9.17) is 0 Å². The molecule has 2 amide bonds. The molecule has 6 nitrogen and oxygen atoms in total. The zero-order valence-corrected chi connectivity index (χ0v) is 17.8. The van der Waals surface area contributed by atoms with Crippen LogP contribution >= 0.6 is 0 Å². The van der Waals surface area contributed by atoms with Crippen LogP contribution in [-0.2, 0) is 0 Å². The van der Waals surface area contributed by atoms with Crippen molar-refractivity contribution in [2.24, 2.45) is 0 Å². The fourth-order valence-corrected chi connectivity index (χ4v) is 3.27. The van der Waals surface area contributed by atoms with Crippen molar-refractivity contribution in [3.8, 4) is 11.4 Å². The van der Waals surface area contributed by atoms with Crippen molar-refractivity contribution in [3.05, 3.63) is 108 Å². The Morgan fingerprint density at radius 3 is 1.25 bits per heavy atom. The largest absolute Gasteiger partial charge is 0.311 e. The molecule has 0 saturated heterocycles. The molecular formula is C26H22N4O2. The standard InChI is InChI=1S/C26H22N4O2/c1-29(21-9-5-3-6-10-21)25(31)19-13-15-23(27-17-19)24-16-14-20(18-28-24)26(32)30(2)22-11-7-4-8-12-22/h3-18H,1-2H3. The lowest BCUT2D eigenvalue weighted by Crippen LogP contribution is -2.26. The zero-order valence-electron chi connectivity index (χ0n) is 17.8. The molecule has 4 rings (SSSR count). The van der Waals surface area contributed by atoms with Gasteiger partial charge in [-0.3, -0.25) is 19.6 Å². The Bertz CT molecular complexity index is 1110. The van der Waals surface area contributed by atoms with Crippen LogP contribution in [0.3, 0.4) is 0 Å². The number of aromatic nitrogens is 2. The van der Waals surface area contributed by atoms with Gasteiger partial charge in [0, 0.05) is 37.9 Å². The number of carbonyl (C=O) groups is 2. The van der Waals surface area contributed by atoms with Gasteiger partial charge in [-0.2, -0.15) is 0 Å². The van der Waals surface area contributed by atoms with Crippen molar-refractivity contribution in [2.75, 3.05) is 23.9 Å². The lowest BCUT2D eigenvalue weighted by atomic mass is 10.1. The number of hydrogen-bond donors (Lipinski definition) is 0. The molecule has 0 aliphatic carbocycles. The number of anilines is 2. The molecule has 0 saturated carbocycles. The fourth-order valence-electron chi connectivity index (χ4n) is 3.27. The first-order valence-corrected chi connectivity index (χ1v) is 10.1. The third kappa shape index (κ3) is 4.39. The Balaban J connectivity index is 1.48. The van der Waals surface area contributed by atoms with E-state index >= 15 is 0 Å². The molecule has 0 atom stereocenters. The van der Waals surface area contributed by atoms with Gasteiger partial charge in [-0.05, 0) is 48.5 Å². The van der Waals surface area contributed by atoms with E-state index in [0.717, 1.165) is 11.4 Å². The fraction of sp³-hybridized carbons (Fsp3) is 0.0769. The highest BCUT2D eigenvalue weighted by Crippen LogP contribution is 2.19. The Labute approximate surface area is 186 Å². The summed E-state index contributed by atoms with van der Waals surface area (Å²) in [6, 6.07) is 25.8. The summed E-state index contributed by atoms with van der Waals surface area (Å²) in [5.74, 6) is -0.291. The number of pyridine rings is 2. The van der Waals surface area contributed by atoms with Crippen LogP contribution in [0.25, 0.3) is 11.4 Å². The average Bonchev–Trinajstić information content (AvgIpc) is 2.88. The van der Waals surface area contributed by atoms with Crippen molar-refractivity contribution in [1.82, 2.24) is 9.97 Å². The molecule has 6 heteroatoms. The van der Waals surface area contributed by atoms with Gasteiger partial charge in [0.05, 0.1) is 22.5 Å². The first-order chi connectivity index (χ1) is 15.5. The molecule has 2 aromatic heterocycles. The summed E-state index contributed by atoms with van der Waals surface area (Å²) in [5, 5.41) is 0. The van der Waals surface area contributed by atoms with E-state index in [1.807, 2.05) is 60.7 Å². The molecule has 0 bridgehead atoms. The smallest absolute Gasteiger partial charge is 0.259 e. The van der Waals surface area contributed by atoms with Crippen LogP contribution in [0.2, 0.25) is 0 Å². The van der Waals surface area contributed by atoms with E-state index in [1.165, 1.54) is 0 Å². The van der Waals surface area contributed by atoms with Gasteiger partial charge in [0.1, 0.15) is 0 Å². The van der Waals surface area contributed by atoms with Crippen LogP contribution in [0.1, 0.15) is 20.7 Å². The number of nitrogens with zero attached hydrogens (tertiary/aromatic N) is 4. The third-order valence-corrected chi connectivity index (χ3v) is 5.18. The van der Waals surface area contributed by atoms with E-state index in [-0.39, 0.29) is 11.8 Å². The summed E-state index contributed by atoms with van der Waals surface area (Å²) in [6.07, 6.45) is 3.09. The monoisotopic (exact) mass is 422 g/mol. The van der Waals surface area contributed by atoms with Crippen molar-refractivity contribution < 1.29 is 9.59 Å². The maximum absolute atomic E-state index is 12.7. The lowest BCUT2D eigenvalue weighted by molar-refractivity contribution is 0.0985. The molecule has 0 N–H and O–H groups in total. The van der Waals surface area contributed by atoms with Gasteiger partial charge in [0.25, 0.3) is 11.8 Å². The summed E-state index contributed by atoms with van der Waals surface area (Å²) < 4.78 is 0. The van der Waals surface area contributed by atoms with Crippen LogP contribution in [0.5, 0.6) is 0 Å². The molecule has 0 radical (unpaired) electrons. The molecule has 0 aliphatic rings. The van der Waals surface area contributed by atoms with Gasteiger partial charge < -0.3 is 9.80 Å². The van der Waals surface area contributed by atoms with Crippen molar-refractivity contribution >= 4 is 23.2 Å². The van der Waals surface area contributed by atoms with Gasteiger partial charge in [-0.1, -0.05) is 36.4 Å². The van der Waals surface area contributed by atoms with E-state index in [1.54, 1.807) is 60.6 Å². The maximum atomic E-state index is 12.7. The Morgan fingerprint density at radius 2 is 0.938 bits per heavy atom. The van der Waals surface area contributed by atoms with Gasteiger partial charge >= 0.3 is 0 Å². The molecule has 0 aliphatic heterocycles. The van der Waals surface area contributed by atoms with E-state index in [9.17, 15) is 9.59 Å². The van der Waals surface area contributed by atoms with E-state index < -0.39 is 0 Å². The van der Waals surface area contributed by atoms with Gasteiger partial charge in [-0.15, -0.1) is 0 Å². The topological polar surface area (TPSA) is 66.4 Å². The van der Waals surface area contributed by atoms with Crippen LogP contribution < -0.4 is 9.80 Å². The molecular weight excluding hydrogens is 400 g/mol. The number of benzene rings is 2. The quantitative estimate of drug-likeness (QED) is 0.468. The van der Waals surface area contributed by atoms with E-state index in [0.29, 0.717) is 22.5 Å². The van der Waals surface area contributed by atoms with Crippen LogP contribution in [0, 0.1) is 0 Å². The molecule has 32 heavy (non-hydrogen) atoms. The predicted molar refractivity (Wildman–Crippen MR) is 126 cm³/mol. The minimum Gasteiger partial charge on any atom is -0.311 e. The normalized spacial score (nSPS) is 10.4. The van der Waals surface area contributed by atoms with Gasteiger partial charge in [-0.25, -0.2) is 0 Å². The molecule has 158 valence electrons. The third-order valence-electron chi connectivity index (χ3n) is 5.18. The zero-order chi connectivity index (χ0) is 22.5. The first kappa shape index (κ1) is 20.9. The summed E-state index contributed by atoms with van der Waals surface area (Å²) in [7, 11) is 3.46. The summed E-state index contributed by atoms with van der Waals surface area (Å²) in [5.41, 5.74) is 3.83. The number of hydrogen-bond acceptors (Lipinski definition) is 4. The van der Waals surface area contributed by atoms with Crippen LogP contribution in [0.4, 0.5) is 11.4 Å². The second-order valence-electron chi connectivity index (χ2n) is 7.26. The molecule has 2 heterocycles. The second-order valence-corrected chi connectivity index (χ2v) is 7.26. The Kier molecular flexibility index (Phi) is 6.03. The van der Waals surface area contributed by atoms with Crippen molar-refractivity contribution in [2.45, 2.75) is 0 Å². The molecule has 0 unspecified atom stereocenters. The highest BCUT2D eigenvalue weighted by molar-refractivity contribution is 6.06. The lowest BCUT2D eigenvalue weighted by Gasteiger charge is -2.17. The molecule has 0 fully saturated rings. The van der Waals surface area contributed by atoms with Crippen LogP contribution in [0.15, 0.2) is 97.3 Å². The summed E-state index contributed by atoms with van der Waals surface area (Å²) in [4.78, 5) is 37.4. The number of rotatable bonds is 5. The number of para-hydroxylation sites is 2. The number of carbonyl (C=O) groups excluding carboxylic acids is 2. The van der Waals surface area contributed by atoms with Crippen molar-refractivity contribution in [1.29, 1.82) is 0 Å². The predicted octanol–water partition coefficient (Wildman–Crippen LogP) is 4.70. The SMILES string of the molecule is CN(C(=O)c1ccc(-c2ccc(C(=O)N(C)c3ccccc3)cn2)nc1)c1ccccc1. The highest BCUT2D eigenvalue weighted by atomic mass is 16.2. The highest BCUT2D eigenvalue weighted by Gasteiger charge is 2.16.